The number of sulfonamides is 1. The summed E-state index contributed by atoms with van der Waals surface area (Å²) in [4.78, 5) is -0.0205. The van der Waals surface area contributed by atoms with Crippen molar-refractivity contribution in [3.05, 3.63) is 51.9 Å². The lowest BCUT2D eigenvalue weighted by Gasteiger charge is -2.22. The Bertz CT molecular complexity index is 885. The van der Waals surface area contributed by atoms with Crippen LogP contribution in [0.5, 0.6) is 0 Å². The highest BCUT2D eigenvalue weighted by molar-refractivity contribution is 7.89. The maximum Gasteiger partial charge on any atom is 0.246 e. The Kier molecular flexibility index (Phi) is 4.39. The van der Waals surface area contributed by atoms with Crippen LogP contribution in [0.15, 0.2) is 39.6 Å². The molecule has 2 aliphatic carbocycles. The lowest BCUT2D eigenvalue weighted by molar-refractivity contribution is 0.348. The Morgan fingerprint density at radius 3 is 2.36 bits per heavy atom. The van der Waals surface area contributed by atoms with Crippen molar-refractivity contribution in [2.45, 2.75) is 49.6 Å². The summed E-state index contributed by atoms with van der Waals surface area (Å²) in [6.45, 7) is 2.39. The molecular weight excluding hydrogens is 381 g/mol. The van der Waals surface area contributed by atoms with Crippen molar-refractivity contribution in [2.75, 3.05) is 0 Å². The Balaban J connectivity index is 1.64. The van der Waals surface area contributed by atoms with Gasteiger partial charge in [0.15, 0.2) is 0 Å². The molecule has 2 atom stereocenters. The molecule has 0 aliphatic heterocycles. The summed E-state index contributed by atoms with van der Waals surface area (Å²) in [5, 5.41) is 0.287. The van der Waals surface area contributed by atoms with Gasteiger partial charge in [0.25, 0.3) is 0 Å². The van der Waals surface area contributed by atoms with E-state index in [4.69, 9.17) is 27.6 Å². The molecule has 134 valence electrons. The van der Waals surface area contributed by atoms with Crippen molar-refractivity contribution in [3.63, 3.8) is 0 Å². The number of furan rings is 1. The van der Waals surface area contributed by atoms with E-state index < -0.39 is 10.0 Å². The van der Waals surface area contributed by atoms with Gasteiger partial charge in [-0.2, -0.15) is 4.31 Å². The molecular formula is C18H19Cl2NO3S. The Morgan fingerprint density at radius 2 is 1.80 bits per heavy atom. The summed E-state index contributed by atoms with van der Waals surface area (Å²) in [6.07, 6.45) is 2.82. The van der Waals surface area contributed by atoms with Crippen molar-refractivity contribution in [1.29, 1.82) is 0 Å². The molecule has 0 bridgehead atoms. The molecule has 1 aromatic heterocycles. The number of hydrogen-bond acceptors (Lipinski definition) is 3. The molecule has 0 unspecified atom stereocenters. The second kappa shape index (κ2) is 6.31. The summed E-state index contributed by atoms with van der Waals surface area (Å²) in [6, 6.07) is 8.55. The zero-order valence-corrected chi connectivity index (χ0v) is 16.1. The van der Waals surface area contributed by atoms with Gasteiger partial charge < -0.3 is 4.42 Å². The van der Waals surface area contributed by atoms with Gasteiger partial charge in [-0.05, 0) is 49.4 Å². The second-order valence-electron chi connectivity index (χ2n) is 6.96. The van der Waals surface area contributed by atoms with Crippen molar-refractivity contribution in [2.24, 2.45) is 5.92 Å². The van der Waals surface area contributed by atoms with Gasteiger partial charge in [0.05, 0.1) is 16.6 Å². The predicted octanol–water partition coefficient (Wildman–Crippen LogP) is 5.06. The molecule has 2 fully saturated rings. The van der Waals surface area contributed by atoms with Crippen LogP contribution in [0.3, 0.4) is 0 Å². The molecule has 2 aromatic rings. The van der Waals surface area contributed by atoms with E-state index in [1.54, 1.807) is 18.2 Å². The van der Waals surface area contributed by atoms with Gasteiger partial charge in [-0.1, -0.05) is 36.2 Å². The average molecular weight is 400 g/mol. The third-order valence-corrected chi connectivity index (χ3v) is 7.76. The summed E-state index contributed by atoms with van der Waals surface area (Å²) < 4.78 is 33.7. The monoisotopic (exact) mass is 399 g/mol. The van der Waals surface area contributed by atoms with E-state index in [0.29, 0.717) is 17.6 Å². The Morgan fingerprint density at radius 1 is 1.16 bits per heavy atom. The van der Waals surface area contributed by atoms with E-state index in [2.05, 4.69) is 6.92 Å². The zero-order chi connectivity index (χ0) is 17.8. The summed E-state index contributed by atoms with van der Waals surface area (Å²) in [7, 11) is -3.79. The fourth-order valence-electron chi connectivity index (χ4n) is 3.17. The molecule has 4 nitrogen and oxygen atoms in total. The predicted molar refractivity (Wildman–Crippen MR) is 97.4 cm³/mol. The van der Waals surface area contributed by atoms with Crippen LogP contribution in [-0.2, 0) is 16.6 Å². The highest BCUT2D eigenvalue weighted by atomic mass is 35.5. The molecule has 1 heterocycles. The van der Waals surface area contributed by atoms with Gasteiger partial charge in [0.1, 0.15) is 16.4 Å². The van der Waals surface area contributed by atoms with Crippen molar-refractivity contribution in [3.8, 4) is 0 Å². The van der Waals surface area contributed by atoms with Gasteiger partial charge in [0.2, 0.25) is 10.0 Å². The van der Waals surface area contributed by atoms with Crippen LogP contribution >= 0.6 is 23.2 Å². The second-order valence-corrected chi connectivity index (χ2v) is 9.60. The zero-order valence-electron chi connectivity index (χ0n) is 13.8. The first-order valence-electron chi connectivity index (χ1n) is 8.42. The fraction of sp³-hybridized carbons (Fsp3) is 0.444. The third kappa shape index (κ3) is 3.35. The van der Waals surface area contributed by atoms with E-state index in [1.165, 1.54) is 4.31 Å². The minimum Gasteiger partial charge on any atom is -0.464 e. The minimum atomic E-state index is -3.79. The molecule has 2 aliphatic rings. The van der Waals surface area contributed by atoms with Crippen LogP contribution in [0.2, 0.25) is 10.0 Å². The summed E-state index contributed by atoms with van der Waals surface area (Å²) in [5.74, 6) is 2.72. The van der Waals surface area contributed by atoms with Crippen LogP contribution in [0.1, 0.15) is 43.6 Å². The van der Waals surface area contributed by atoms with E-state index in [1.807, 2.05) is 12.1 Å². The molecule has 1 aromatic carbocycles. The highest BCUT2D eigenvalue weighted by Gasteiger charge is 2.41. The first-order valence-corrected chi connectivity index (χ1v) is 10.6. The third-order valence-electron chi connectivity index (χ3n) is 4.91. The molecule has 7 heteroatoms. The van der Waals surface area contributed by atoms with Crippen LogP contribution in [0.25, 0.3) is 0 Å². The van der Waals surface area contributed by atoms with Crippen molar-refractivity contribution >= 4 is 33.2 Å². The molecule has 2 saturated carbocycles. The summed E-state index contributed by atoms with van der Waals surface area (Å²) in [5.41, 5.74) is 0. The summed E-state index contributed by atoms with van der Waals surface area (Å²) >= 11 is 12.3. The number of halogens is 2. The first kappa shape index (κ1) is 17.4. The quantitative estimate of drug-likeness (QED) is 0.681. The SMILES string of the molecule is C[C@H]1C[C@H]1c1ccc(CN(C2CC2)S(=O)(=O)c2c(Cl)cccc2Cl)o1. The number of nitrogens with zero attached hydrogens (tertiary/aromatic N) is 1. The van der Waals surface area contributed by atoms with Gasteiger partial charge in [0, 0.05) is 12.0 Å². The van der Waals surface area contributed by atoms with E-state index in [0.717, 1.165) is 25.0 Å². The minimum absolute atomic E-state index is 0.0205. The number of rotatable bonds is 6. The first-order chi connectivity index (χ1) is 11.9. The largest absolute Gasteiger partial charge is 0.464 e. The number of hydrogen-bond donors (Lipinski definition) is 0. The van der Waals surface area contributed by atoms with Crippen molar-refractivity contribution in [1.82, 2.24) is 4.31 Å². The van der Waals surface area contributed by atoms with E-state index in [-0.39, 0.29) is 27.5 Å². The van der Waals surface area contributed by atoms with Crippen LogP contribution in [0.4, 0.5) is 0 Å². The van der Waals surface area contributed by atoms with Crippen LogP contribution in [0, 0.1) is 5.92 Å². The maximum atomic E-state index is 13.2. The molecule has 4 rings (SSSR count). The normalized spacial score (nSPS) is 23.2. The molecule has 0 amide bonds. The van der Waals surface area contributed by atoms with Crippen LogP contribution in [-0.4, -0.2) is 18.8 Å². The average Bonchev–Trinajstić information content (AvgIpc) is 3.45. The molecule has 0 spiro atoms. The molecule has 25 heavy (non-hydrogen) atoms. The van der Waals surface area contributed by atoms with E-state index in [9.17, 15) is 8.42 Å². The highest BCUT2D eigenvalue weighted by Crippen LogP contribution is 2.47. The van der Waals surface area contributed by atoms with Crippen molar-refractivity contribution < 1.29 is 12.8 Å². The van der Waals surface area contributed by atoms with E-state index >= 15 is 0 Å². The van der Waals surface area contributed by atoms with Crippen LogP contribution < -0.4 is 0 Å². The molecule has 0 N–H and O–H groups in total. The molecule has 0 radical (unpaired) electrons. The Labute approximate surface area is 157 Å². The maximum absolute atomic E-state index is 13.2. The van der Waals surface area contributed by atoms with Gasteiger partial charge in [-0.3, -0.25) is 0 Å². The van der Waals surface area contributed by atoms with Gasteiger partial charge >= 0.3 is 0 Å². The lowest BCUT2D eigenvalue weighted by Crippen LogP contribution is -2.33. The lowest BCUT2D eigenvalue weighted by atomic mass is 10.3. The standard InChI is InChI=1S/C18H19Cl2NO3S/c1-11-9-14(11)17-8-7-13(24-17)10-21(12-5-6-12)25(22,23)18-15(19)3-2-4-16(18)20/h2-4,7-8,11-12,14H,5-6,9-10H2,1H3/t11-,14+/m0/s1. The number of benzene rings is 1. The van der Waals surface area contributed by atoms with Gasteiger partial charge in [-0.15, -0.1) is 0 Å². The topological polar surface area (TPSA) is 50.5 Å². The van der Waals surface area contributed by atoms with Gasteiger partial charge in [-0.25, -0.2) is 8.42 Å². The smallest absolute Gasteiger partial charge is 0.246 e. The Hall–Kier alpha value is -1.01. The molecule has 0 saturated heterocycles. The fourth-order valence-corrected chi connectivity index (χ4v) is 5.92.